The summed E-state index contributed by atoms with van der Waals surface area (Å²) in [5, 5.41) is 24.1. The number of nitrogens with one attached hydrogen (secondary N) is 3. The average Bonchev–Trinajstić information content (AvgIpc) is 2.60. The van der Waals surface area contributed by atoms with E-state index in [-0.39, 0.29) is 12.8 Å². The molecule has 0 aliphatic carbocycles. The first-order valence-electron chi connectivity index (χ1n) is 8.71. The summed E-state index contributed by atoms with van der Waals surface area (Å²) in [7, 11) is 0. The van der Waals surface area contributed by atoms with Crippen molar-refractivity contribution >= 4 is 35.6 Å². The fourth-order valence-electron chi connectivity index (χ4n) is 2.16. The van der Waals surface area contributed by atoms with Gasteiger partial charge in [-0.25, -0.2) is 0 Å². The molecular weight excluding hydrogens is 390 g/mol. The number of aliphatic carboxylic acids is 2. The molecule has 0 heterocycles. The summed E-state index contributed by atoms with van der Waals surface area (Å²) >= 11 is 0. The minimum atomic E-state index is -1.55. The molecular formula is C16H27N5O8. The Kier molecular flexibility index (Phi) is 10.9. The zero-order chi connectivity index (χ0) is 22.7. The molecule has 0 radical (unpaired) electrons. The Morgan fingerprint density at radius 3 is 1.93 bits per heavy atom. The van der Waals surface area contributed by atoms with Gasteiger partial charge in [0.2, 0.25) is 23.6 Å². The topological polar surface area (TPSA) is 231 Å². The number of amides is 4. The Balaban J connectivity index is 5.15. The normalized spacial score (nSPS) is 13.7. The molecule has 0 spiro atoms. The third-order valence-electron chi connectivity index (χ3n) is 3.71. The van der Waals surface area contributed by atoms with Gasteiger partial charge >= 0.3 is 11.9 Å². The number of rotatable bonds is 13. The maximum Gasteiger partial charge on any atom is 0.322 e. The maximum atomic E-state index is 12.5. The van der Waals surface area contributed by atoms with Gasteiger partial charge in [0.25, 0.3) is 0 Å². The van der Waals surface area contributed by atoms with Crippen LogP contribution in [-0.4, -0.2) is 70.5 Å². The van der Waals surface area contributed by atoms with E-state index in [1.165, 1.54) is 0 Å². The summed E-state index contributed by atoms with van der Waals surface area (Å²) in [6.07, 6.45) is -0.960. The molecule has 3 unspecified atom stereocenters. The fraction of sp³-hybridized carbons (Fsp3) is 0.625. The first-order chi connectivity index (χ1) is 13.3. The Bertz CT molecular complexity index is 651. The Hall–Kier alpha value is -3.22. The lowest BCUT2D eigenvalue weighted by Gasteiger charge is -2.25. The Labute approximate surface area is 166 Å². The van der Waals surface area contributed by atoms with Gasteiger partial charge in [-0.3, -0.25) is 28.8 Å². The molecule has 0 saturated heterocycles. The SMILES string of the molecule is CC(C)C(NC(=O)C(N)CCC(N)=O)C(=O)NC(CC(=O)O)C(=O)NCC(=O)O. The zero-order valence-corrected chi connectivity index (χ0v) is 16.1. The number of carbonyl (C=O) groups excluding carboxylic acids is 4. The van der Waals surface area contributed by atoms with Gasteiger partial charge in [-0.2, -0.15) is 0 Å². The highest BCUT2D eigenvalue weighted by Gasteiger charge is 2.31. The highest BCUT2D eigenvalue weighted by atomic mass is 16.4. The van der Waals surface area contributed by atoms with E-state index in [0.29, 0.717) is 0 Å². The van der Waals surface area contributed by atoms with Crippen LogP contribution in [0.1, 0.15) is 33.1 Å². The molecule has 3 atom stereocenters. The van der Waals surface area contributed by atoms with Crippen molar-refractivity contribution in [3.63, 3.8) is 0 Å². The van der Waals surface area contributed by atoms with E-state index in [0.717, 1.165) is 0 Å². The van der Waals surface area contributed by atoms with Crippen molar-refractivity contribution in [2.24, 2.45) is 17.4 Å². The van der Waals surface area contributed by atoms with Crippen LogP contribution < -0.4 is 27.4 Å². The molecule has 29 heavy (non-hydrogen) atoms. The average molecular weight is 417 g/mol. The highest BCUT2D eigenvalue weighted by Crippen LogP contribution is 2.05. The minimum absolute atomic E-state index is 0.0349. The van der Waals surface area contributed by atoms with Gasteiger partial charge < -0.3 is 37.6 Å². The molecule has 0 aromatic carbocycles. The van der Waals surface area contributed by atoms with Crippen molar-refractivity contribution in [1.82, 2.24) is 16.0 Å². The van der Waals surface area contributed by atoms with Crippen LogP contribution in [0.3, 0.4) is 0 Å². The van der Waals surface area contributed by atoms with Gasteiger partial charge in [0.15, 0.2) is 0 Å². The molecule has 13 heteroatoms. The molecule has 0 aliphatic rings. The summed E-state index contributed by atoms with van der Waals surface area (Å²) in [6, 6.07) is -3.82. The third-order valence-corrected chi connectivity index (χ3v) is 3.71. The number of hydrogen-bond donors (Lipinski definition) is 7. The first kappa shape index (κ1) is 25.8. The van der Waals surface area contributed by atoms with Crippen LogP contribution >= 0.6 is 0 Å². The number of hydrogen-bond acceptors (Lipinski definition) is 7. The maximum absolute atomic E-state index is 12.5. The molecule has 9 N–H and O–H groups in total. The van der Waals surface area contributed by atoms with Crippen molar-refractivity contribution in [3.05, 3.63) is 0 Å². The molecule has 4 amide bonds. The molecule has 0 bridgehead atoms. The number of carbonyl (C=O) groups is 6. The number of primary amides is 1. The lowest BCUT2D eigenvalue weighted by atomic mass is 10.0. The second-order valence-electron chi connectivity index (χ2n) is 6.61. The van der Waals surface area contributed by atoms with E-state index in [2.05, 4.69) is 10.6 Å². The van der Waals surface area contributed by atoms with E-state index in [1.807, 2.05) is 5.32 Å². The second-order valence-corrected chi connectivity index (χ2v) is 6.61. The second kappa shape index (κ2) is 12.3. The molecule has 0 aromatic heterocycles. The predicted octanol–water partition coefficient (Wildman–Crippen LogP) is -3.12. The van der Waals surface area contributed by atoms with Crippen LogP contribution in [-0.2, 0) is 28.8 Å². The fourth-order valence-corrected chi connectivity index (χ4v) is 2.16. The molecule has 0 rings (SSSR count). The lowest BCUT2D eigenvalue weighted by molar-refractivity contribution is -0.142. The number of carboxylic acid groups (broad SMARTS) is 2. The van der Waals surface area contributed by atoms with E-state index in [9.17, 15) is 28.8 Å². The number of nitrogens with two attached hydrogens (primary N) is 2. The summed E-state index contributed by atoms with van der Waals surface area (Å²) in [6.45, 7) is 2.43. The van der Waals surface area contributed by atoms with Gasteiger partial charge in [-0.05, 0) is 12.3 Å². The van der Waals surface area contributed by atoms with Crippen LogP contribution in [0.4, 0.5) is 0 Å². The lowest BCUT2D eigenvalue weighted by Crippen LogP contribution is -2.58. The summed E-state index contributed by atoms with van der Waals surface area (Å²) in [4.78, 5) is 68.9. The summed E-state index contributed by atoms with van der Waals surface area (Å²) in [5.74, 6) is -6.45. The van der Waals surface area contributed by atoms with Crippen LogP contribution in [0.15, 0.2) is 0 Å². The van der Waals surface area contributed by atoms with Crippen LogP contribution in [0.2, 0.25) is 0 Å². The van der Waals surface area contributed by atoms with E-state index in [4.69, 9.17) is 21.7 Å². The van der Waals surface area contributed by atoms with E-state index >= 15 is 0 Å². The van der Waals surface area contributed by atoms with Crippen LogP contribution in [0.25, 0.3) is 0 Å². The third kappa shape index (κ3) is 10.6. The summed E-state index contributed by atoms with van der Waals surface area (Å²) < 4.78 is 0. The van der Waals surface area contributed by atoms with Crippen molar-refractivity contribution in [2.45, 2.75) is 51.2 Å². The van der Waals surface area contributed by atoms with Crippen molar-refractivity contribution in [3.8, 4) is 0 Å². The van der Waals surface area contributed by atoms with E-state index < -0.39 is 72.6 Å². The van der Waals surface area contributed by atoms with Crippen LogP contribution in [0, 0.1) is 5.92 Å². The molecule has 0 aromatic rings. The van der Waals surface area contributed by atoms with Gasteiger partial charge in [0, 0.05) is 6.42 Å². The molecule has 0 aliphatic heterocycles. The van der Waals surface area contributed by atoms with Crippen molar-refractivity contribution < 1.29 is 39.0 Å². The smallest absolute Gasteiger partial charge is 0.322 e. The largest absolute Gasteiger partial charge is 0.481 e. The van der Waals surface area contributed by atoms with Gasteiger partial charge in [-0.1, -0.05) is 13.8 Å². The Morgan fingerprint density at radius 1 is 0.897 bits per heavy atom. The molecule has 164 valence electrons. The monoisotopic (exact) mass is 417 g/mol. The molecule has 13 nitrogen and oxygen atoms in total. The Morgan fingerprint density at radius 2 is 1.48 bits per heavy atom. The van der Waals surface area contributed by atoms with E-state index in [1.54, 1.807) is 13.8 Å². The standard InChI is InChI=1S/C16H27N5O8/c1-7(2)13(21-14(27)8(17)3-4-10(18)22)16(29)20-9(5-11(23)24)15(28)19-6-12(25)26/h7-9,13H,3-6,17H2,1-2H3,(H2,18,22)(H,19,28)(H,20,29)(H,21,27)(H,23,24)(H,25,26). The molecule has 0 fully saturated rings. The number of carboxylic acids is 2. The van der Waals surface area contributed by atoms with Gasteiger partial charge in [0.1, 0.15) is 18.6 Å². The molecule has 0 saturated carbocycles. The first-order valence-corrected chi connectivity index (χ1v) is 8.71. The van der Waals surface area contributed by atoms with Crippen molar-refractivity contribution in [1.29, 1.82) is 0 Å². The predicted molar refractivity (Wildman–Crippen MR) is 98.0 cm³/mol. The minimum Gasteiger partial charge on any atom is -0.481 e. The quantitative estimate of drug-likeness (QED) is 0.160. The van der Waals surface area contributed by atoms with Crippen LogP contribution in [0.5, 0.6) is 0 Å². The van der Waals surface area contributed by atoms with Gasteiger partial charge in [0.05, 0.1) is 12.5 Å². The van der Waals surface area contributed by atoms with Crippen molar-refractivity contribution in [2.75, 3.05) is 6.54 Å². The zero-order valence-electron chi connectivity index (χ0n) is 16.1. The van der Waals surface area contributed by atoms with Gasteiger partial charge in [-0.15, -0.1) is 0 Å². The summed E-state index contributed by atoms with van der Waals surface area (Å²) in [5.41, 5.74) is 10.6. The highest BCUT2D eigenvalue weighted by molar-refractivity contribution is 5.95.